The Kier molecular flexibility index (Phi) is 6.46. The molecule has 0 heterocycles. The third-order valence-electron chi connectivity index (χ3n) is 3.79. The van der Waals surface area contributed by atoms with E-state index in [9.17, 15) is 9.59 Å². The van der Waals surface area contributed by atoms with Crippen LogP contribution in [0.4, 0.5) is 11.4 Å². The van der Waals surface area contributed by atoms with Gasteiger partial charge in [-0.3, -0.25) is 9.59 Å². The van der Waals surface area contributed by atoms with Gasteiger partial charge < -0.3 is 19.9 Å². The molecule has 1 N–H and O–H groups in total. The van der Waals surface area contributed by atoms with Crippen LogP contribution in [-0.2, 0) is 4.79 Å². The molecule has 0 spiro atoms. The molecule has 0 aliphatic heterocycles. The number of anilines is 2. The van der Waals surface area contributed by atoms with Crippen molar-refractivity contribution in [1.29, 1.82) is 0 Å². The molecule has 2 amide bonds. The number of ether oxygens (including phenoxy) is 1. The maximum Gasteiger partial charge on any atom is 0.254 e. The molecule has 0 radical (unpaired) electrons. The highest BCUT2D eigenvalue weighted by molar-refractivity contribution is 6.31. The highest BCUT2D eigenvalue weighted by Crippen LogP contribution is 2.27. The minimum atomic E-state index is -0.341. The van der Waals surface area contributed by atoms with Gasteiger partial charge in [0.25, 0.3) is 5.91 Å². The molecular weight excluding hydrogens is 354 g/mol. The van der Waals surface area contributed by atoms with E-state index < -0.39 is 0 Å². The standard InChI is InChI=1S/C19H22ClN3O3/c1-22(2)15-8-5-13(6-9-15)19(25)23(3)12-18(24)21-16-11-14(20)7-10-17(16)26-4/h5-11H,12H2,1-4H3,(H,21,24). The lowest BCUT2D eigenvalue weighted by Gasteiger charge is -2.18. The molecule has 26 heavy (non-hydrogen) atoms. The van der Waals surface area contributed by atoms with Crippen LogP contribution < -0.4 is 15.0 Å². The van der Waals surface area contributed by atoms with Gasteiger partial charge in [-0.2, -0.15) is 0 Å². The smallest absolute Gasteiger partial charge is 0.254 e. The van der Waals surface area contributed by atoms with Gasteiger partial charge >= 0.3 is 0 Å². The number of nitrogens with zero attached hydrogens (tertiary/aromatic N) is 2. The number of carbonyl (C=O) groups is 2. The van der Waals surface area contributed by atoms with Crippen molar-refractivity contribution in [2.24, 2.45) is 0 Å². The largest absolute Gasteiger partial charge is 0.495 e. The predicted molar refractivity (Wildman–Crippen MR) is 104 cm³/mol. The molecule has 6 nitrogen and oxygen atoms in total. The highest BCUT2D eigenvalue weighted by Gasteiger charge is 2.16. The summed E-state index contributed by atoms with van der Waals surface area (Å²) in [6, 6.07) is 12.1. The molecule has 7 heteroatoms. The number of methoxy groups -OCH3 is 1. The lowest BCUT2D eigenvalue weighted by atomic mass is 10.1. The molecule has 2 aromatic rings. The molecule has 2 aromatic carbocycles. The first-order valence-electron chi connectivity index (χ1n) is 7.98. The number of nitrogens with one attached hydrogen (secondary N) is 1. The lowest BCUT2D eigenvalue weighted by molar-refractivity contribution is -0.116. The SMILES string of the molecule is COc1ccc(Cl)cc1NC(=O)CN(C)C(=O)c1ccc(N(C)C)cc1. The van der Waals surface area contributed by atoms with Crippen LogP contribution in [0.5, 0.6) is 5.75 Å². The van der Waals surface area contributed by atoms with Crippen molar-refractivity contribution in [3.63, 3.8) is 0 Å². The summed E-state index contributed by atoms with van der Waals surface area (Å²) in [6.07, 6.45) is 0. The number of likely N-dealkylation sites (N-methyl/N-ethyl adjacent to an activating group) is 1. The molecule has 2 rings (SSSR count). The maximum absolute atomic E-state index is 12.5. The molecule has 0 saturated heterocycles. The van der Waals surface area contributed by atoms with Crippen LogP contribution in [0.15, 0.2) is 42.5 Å². The third kappa shape index (κ3) is 4.89. The molecule has 0 atom stereocenters. The monoisotopic (exact) mass is 375 g/mol. The van der Waals surface area contributed by atoms with Crippen LogP contribution in [-0.4, -0.2) is 51.5 Å². The molecule has 138 valence electrons. The first kappa shape index (κ1) is 19.6. The van der Waals surface area contributed by atoms with Gasteiger partial charge in [-0.15, -0.1) is 0 Å². The van der Waals surface area contributed by atoms with E-state index in [1.807, 2.05) is 31.1 Å². The second-order valence-corrected chi connectivity index (χ2v) is 6.43. The van der Waals surface area contributed by atoms with Crippen LogP contribution in [0.2, 0.25) is 5.02 Å². The van der Waals surface area contributed by atoms with Crippen molar-refractivity contribution in [3.05, 3.63) is 53.1 Å². The molecule has 0 saturated carbocycles. The third-order valence-corrected chi connectivity index (χ3v) is 4.03. The van der Waals surface area contributed by atoms with Crippen molar-refractivity contribution < 1.29 is 14.3 Å². The fraction of sp³-hybridized carbons (Fsp3) is 0.263. The average Bonchev–Trinajstić information content (AvgIpc) is 2.61. The van der Waals surface area contributed by atoms with Crippen molar-refractivity contribution >= 4 is 34.8 Å². The zero-order chi connectivity index (χ0) is 19.3. The van der Waals surface area contributed by atoms with Crippen LogP contribution in [0.1, 0.15) is 10.4 Å². The Bertz CT molecular complexity index is 791. The lowest BCUT2D eigenvalue weighted by Crippen LogP contribution is -2.35. The fourth-order valence-electron chi connectivity index (χ4n) is 2.38. The van der Waals surface area contributed by atoms with Gasteiger partial charge in [-0.1, -0.05) is 11.6 Å². The summed E-state index contributed by atoms with van der Waals surface area (Å²) < 4.78 is 5.20. The molecular formula is C19H22ClN3O3. The summed E-state index contributed by atoms with van der Waals surface area (Å²) in [4.78, 5) is 28.1. The number of rotatable bonds is 6. The van der Waals surface area contributed by atoms with Crippen LogP contribution in [0.25, 0.3) is 0 Å². The summed E-state index contributed by atoms with van der Waals surface area (Å²) >= 11 is 5.95. The van der Waals surface area contributed by atoms with E-state index in [1.165, 1.54) is 12.0 Å². The Morgan fingerprint density at radius 3 is 2.31 bits per heavy atom. The Hall–Kier alpha value is -2.73. The summed E-state index contributed by atoms with van der Waals surface area (Å²) in [5.74, 6) is -0.0779. The van der Waals surface area contributed by atoms with E-state index in [-0.39, 0.29) is 18.4 Å². The van der Waals surface area contributed by atoms with E-state index in [1.54, 1.807) is 37.4 Å². The number of carbonyl (C=O) groups excluding carboxylic acids is 2. The number of benzene rings is 2. The average molecular weight is 376 g/mol. The van der Waals surface area contributed by atoms with Gasteiger partial charge in [0.1, 0.15) is 5.75 Å². The van der Waals surface area contributed by atoms with Crippen LogP contribution in [0, 0.1) is 0 Å². The van der Waals surface area contributed by atoms with E-state index in [0.29, 0.717) is 22.0 Å². The summed E-state index contributed by atoms with van der Waals surface area (Å²) in [7, 11) is 6.94. The highest BCUT2D eigenvalue weighted by atomic mass is 35.5. The van der Waals surface area contributed by atoms with Gasteiger partial charge in [-0.05, 0) is 42.5 Å². The first-order valence-corrected chi connectivity index (χ1v) is 8.36. The van der Waals surface area contributed by atoms with Gasteiger partial charge in [0, 0.05) is 37.4 Å². The van der Waals surface area contributed by atoms with E-state index in [2.05, 4.69) is 5.32 Å². The second kappa shape index (κ2) is 8.58. The van der Waals surface area contributed by atoms with E-state index >= 15 is 0 Å². The number of hydrogen-bond donors (Lipinski definition) is 1. The Morgan fingerprint density at radius 1 is 1.08 bits per heavy atom. The van der Waals surface area contributed by atoms with Gasteiger partial charge in [-0.25, -0.2) is 0 Å². The molecule has 0 aliphatic carbocycles. The molecule has 0 aromatic heterocycles. The molecule has 0 bridgehead atoms. The Labute approximate surface area is 158 Å². The minimum Gasteiger partial charge on any atom is -0.495 e. The topological polar surface area (TPSA) is 61.9 Å². The molecule has 0 aliphatic rings. The zero-order valence-electron chi connectivity index (χ0n) is 15.2. The van der Waals surface area contributed by atoms with Crippen molar-refractivity contribution in [2.75, 3.05) is 45.0 Å². The van der Waals surface area contributed by atoms with E-state index in [0.717, 1.165) is 5.69 Å². The predicted octanol–water partition coefficient (Wildman–Crippen LogP) is 3.13. The van der Waals surface area contributed by atoms with E-state index in [4.69, 9.17) is 16.3 Å². The normalized spacial score (nSPS) is 10.2. The number of halogens is 1. The van der Waals surface area contributed by atoms with Crippen molar-refractivity contribution in [1.82, 2.24) is 4.90 Å². The van der Waals surface area contributed by atoms with Gasteiger partial charge in [0.2, 0.25) is 5.91 Å². The second-order valence-electron chi connectivity index (χ2n) is 6.00. The van der Waals surface area contributed by atoms with Gasteiger partial charge in [0.05, 0.1) is 19.3 Å². The first-order chi connectivity index (χ1) is 12.3. The van der Waals surface area contributed by atoms with Crippen LogP contribution in [0.3, 0.4) is 0 Å². The summed E-state index contributed by atoms with van der Waals surface area (Å²) in [5, 5.41) is 3.19. The quantitative estimate of drug-likeness (QED) is 0.842. The Morgan fingerprint density at radius 2 is 1.73 bits per heavy atom. The van der Waals surface area contributed by atoms with Crippen LogP contribution >= 0.6 is 11.6 Å². The number of hydrogen-bond acceptors (Lipinski definition) is 4. The molecule has 0 unspecified atom stereocenters. The Balaban J connectivity index is 2.02. The summed E-state index contributed by atoms with van der Waals surface area (Å²) in [5.41, 5.74) is 1.97. The number of amides is 2. The maximum atomic E-state index is 12.5. The zero-order valence-corrected chi connectivity index (χ0v) is 16.0. The summed E-state index contributed by atoms with van der Waals surface area (Å²) in [6.45, 7) is -0.0933. The molecule has 0 fully saturated rings. The minimum absolute atomic E-state index is 0.0933. The fourth-order valence-corrected chi connectivity index (χ4v) is 2.55. The van der Waals surface area contributed by atoms with Crippen molar-refractivity contribution in [2.45, 2.75) is 0 Å². The van der Waals surface area contributed by atoms with Crippen molar-refractivity contribution in [3.8, 4) is 5.75 Å². The van der Waals surface area contributed by atoms with Gasteiger partial charge in [0.15, 0.2) is 0 Å².